The summed E-state index contributed by atoms with van der Waals surface area (Å²) in [6.45, 7) is 5.61. The lowest BCUT2D eigenvalue weighted by Gasteiger charge is -2.17. The number of hydrazone groups is 1. The summed E-state index contributed by atoms with van der Waals surface area (Å²) >= 11 is 0. The molecule has 1 aliphatic rings. The van der Waals surface area contributed by atoms with Crippen molar-refractivity contribution in [1.82, 2.24) is 10.3 Å². The lowest BCUT2D eigenvalue weighted by atomic mass is 10.2. The van der Waals surface area contributed by atoms with Crippen LogP contribution < -0.4 is 11.2 Å². The van der Waals surface area contributed by atoms with Gasteiger partial charge in [-0.25, -0.2) is 5.43 Å². The van der Waals surface area contributed by atoms with Gasteiger partial charge < -0.3 is 10.6 Å². The Balaban J connectivity index is 2.38. The summed E-state index contributed by atoms with van der Waals surface area (Å²) in [6, 6.07) is 0. The molecule has 1 saturated heterocycles. The molecule has 0 bridgehead atoms. The van der Waals surface area contributed by atoms with Gasteiger partial charge in [0.05, 0.1) is 0 Å². The largest absolute Gasteiger partial charge is 0.369 e. The highest BCUT2D eigenvalue weighted by molar-refractivity contribution is 5.86. The van der Waals surface area contributed by atoms with Crippen molar-refractivity contribution in [2.24, 2.45) is 10.8 Å². The minimum atomic E-state index is -0.0860. The molecule has 0 radical (unpaired) electrons. The molecule has 0 spiro atoms. The average molecular weight is 211 g/mol. The van der Waals surface area contributed by atoms with Gasteiger partial charge in [0.25, 0.3) is 0 Å². The van der Waals surface area contributed by atoms with Gasteiger partial charge in [0.2, 0.25) is 5.96 Å². The SMILES string of the molecule is CCCN1CCCC(=NNC(=N)N)CC1. The first-order valence-electron chi connectivity index (χ1n) is 5.60. The van der Waals surface area contributed by atoms with E-state index in [1.807, 2.05) is 0 Å². The number of rotatable bonds is 3. The summed E-state index contributed by atoms with van der Waals surface area (Å²) in [7, 11) is 0. The zero-order valence-corrected chi connectivity index (χ0v) is 9.42. The van der Waals surface area contributed by atoms with Crippen molar-refractivity contribution >= 4 is 11.7 Å². The van der Waals surface area contributed by atoms with Gasteiger partial charge in [0.15, 0.2) is 0 Å². The highest BCUT2D eigenvalue weighted by Crippen LogP contribution is 2.08. The van der Waals surface area contributed by atoms with Crippen LogP contribution in [0, 0.1) is 5.41 Å². The smallest absolute Gasteiger partial charge is 0.206 e. The van der Waals surface area contributed by atoms with Crippen LogP contribution in [0.1, 0.15) is 32.6 Å². The minimum Gasteiger partial charge on any atom is -0.369 e. The lowest BCUT2D eigenvalue weighted by Crippen LogP contribution is -2.27. The lowest BCUT2D eigenvalue weighted by molar-refractivity contribution is 0.288. The topological polar surface area (TPSA) is 77.5 Å². The molecule has 0 atom stereocenters. The average Bonchev–Trinajstić information content (AvgIpc) is 2.41. The van der Waals surface area contributed by atoms with Crippen LogP contribution in [0.15, 0.2) is 5.10 Å². The fourth-order valence-corrected chi connectivity index (χ4v) is 1.82. The van der Waals surface area contributed by atoms with Crippen molar-refractivity contribution < 1.29 is 0 Å². The van der Waals surface area contributed by atoms with Gasteiger partial charge in [-0.05, 0) is 32.4 Å². The first-order chi connectivity index (χ1) is 7.22. The molecule has 0 aliphatic carbocycles. The Kier molecular flexibility index (Phi) is 5.10. The van der Waals surface area contributed by atoms with Crippen molar-refractivity contribution in [3.63, 3.8) is 0 Å². The fraction of sp³-hybridized carbons (Fsp3) is 0.800. The van der Waals surface area contributed by atoms with Crippen molar-refractivity contribution in [2.75, 3.05) is 19.6 Å². The molecule has 0 amide bonds. The monoisotopic (exact) mass is 211 g/mol. The fourth-order valence-electron chi connectivity index (χ4n) is 1.82. The molecule has 1 rings (SSSR count). The first kappa shape index (κ1) is 12.0. The Bertz CT molecular complexity index is 236. The predicted octanol–water partition coefficient (Wildman–Crippen LogP) is 0.721. The highest BCUT2D eigenvalue weighted by Gasteiger charge is 2.11. The van der Waals surface area contributed by atoms with Gasteiger partial charge in [0, 0.05) is 18.7 Å². The van der Waals surface area contributed by atoms with E-state index in [4.69, 9.17) is 11.1 Å². The maximum atomic E-state index is 7.02. The molecule has 1 heterocycles. The summed E-state index contributed by atoms with van der Waals surface area (Å²) in [5.74, 6) is -0.0860. The summed E-state index contributed by atoms with van der Waals surface area (Å²) in [5, 5.41) is 11.2. The summed E-state index contributed by atoms with van der Waals surface area (Å²) in [6.07, 6.45) is 4.36. The number of nitrogens with one attached hydrogen (secondary N) is 2. The summed E-state index contributed by atoms with van der Waals surface area (Å²) < 4.78 is 0. The van der Waals surface area contributed by atoms with Crippen LogP contribution in [-0.2, 0) is 0 Å². The van der Waals surface area contributed by atoms with E-state index in [9.17, 15) is 0 Å². The third-order valence-corrected chi connectivity index (χ3v) is 2.53. The van der Waals surface area contributed by atoms with Crippen LogP contribution in [0.4, 0.5) is 0 Å². The molecule has 5 heteroatoms. The second kappa shape index (κ2) is 6.40. The number of hydrogen-bond donors (Lipinski definition) is 3. The third kappa shape index (κ3) is 4.78. The van der Waals surface area contributed by atoms with E-state index >= 15 is 0 Å². The molecule has 0 aromatic heterocycles. The third-order valence-electron chi connectivity index (χ3n) is 2.53. The van der Waals surface area contributed by atoms with E-state index in [1.165, 1.54) is 13.0 Å². The van der Waals surface area contributed by atoms with Crippen molar-refractivity contribution in [3.8, 4) is 0 Å². The van der Waals surface area contributed by atoms with E-state index in [0.717, 1.165) is 38.1 Å². The van der Waals surface area contributed by atoms with Gasteiger partial charge >= 0.3 is 0 Å². The Labute approximate surface area is 91.2 Å². The van der Waals surface area contributed by atoms with Gasteiger partial charge in [-0.2, -0.15) is 5.10 Å². The Hall–Kier alpha value is -1.10. The zero-order chi connectivity index (χ0) is 11.1. The number of nitrogens with two attached hydrogens (primary N) is 1. The van der Waals surface area contributed by atoms with Gasteiger partial charge in [-0.3, -0.25) is 5.41 Å². The molecule has 1 fully saturated rings. The molecule has 0 unspecified atom stereocenters. The Morgan fingerprint density at radius 2 is 2.33 bits per heavy atom. The van der Waals surface area contributed by atoms with E-state index in [1.54, 1.807) is 0 Å². The highest BCUT2D eigenvalue weighted by atomic mass is 15.3. The van der Waals surface area contributed by atoms with E-state index < -0.39 is 0 Å². The maximum Gasteiger partial charge on any atom is 0.206 e. The van der Waals surface area contributed by atoms with E-state index in [2.05, 4.69) is 22.4 Å². The molecule has 4 N–H and O–H groups in total. The molecule has 5 nitrogen and oxygen atoms in total. The van der Waals surface area contributed by atoms with E-state index in [0.29, 0.717) is 0 Å². The van der Waals surface area contributed by atoms with Gasteiger partial charge in [-0.15, -0.1) is 0 Å². The number of nitrogens with zero attached hydrogens (tertiary/aromatic N) is 2. The van der Waals surface area contributed by atoms with Crippen LogP contribution in [0.3, 0.4) is 0 Å². The zero-order valence-electron chi connectivity index (χ0n) is 9.42. The molecular formula is C10H21N5. The standard InChI is InChI=1S/C10H21N5/c1-2-6-15-7-3-4-9(5-8-15)13-14-10(11)12/h2-8H2,1H3,(H4,11,12,14). The Morgan fingerprint density at radius 1 is 1.53 bits per heavy atom. The molecule has 1 aliphatic heterocycles. The Morgan fingerprint density at radius 3 is 3.00 bits per heavy atom. The first-order valence-corrected chi connectivity index (χ1v) is 5.60. The van der Waals surface area contributed by atoms with E-state index in [-0.39, 0.29) is 5.96 Å². The summed E-state index contributed by atoms with van der Waals surface area (Å²) in [4.78, 5) is 2.47. The predicted molar refractivity (Wildman–Crippen MR) is 63.1 cm³/mol. The second-order valence-corrected chi connectivity index (χ2v) is 3.90. The number of hydrogen-bond acceptors (Lipinski definition) is 3. The maximum absolute atomic E-state index is 7.02. The number of guanidine groups is 1. The van der Waals surface area contributed by atoms with Gasteiger partial charge in [0.1, 0.15) is 0 Å². The molecule has 0 aromatic rings. The normalized spacial score (nSPS) is 21.3. The molecule has 86 valence electrons. The van der Waals surface area contributed by atoms with Crippen LogP contribution in [-0.4, -0.2) is 36.2 Å². The van der Waals surface area contributed by atoms with Gasteiger partial charge in [-0.1, -0.05) is 6.92 Å². The summed E-state index contributed by atoms with van der Waals surface area (Å²) in [5.41, 5.74) is 8.83. The molecular weight excluding hydrogens is 190 g/mol. The van der Waals surface area contributed by atoms with Crippen LogP contribution in [0.2, 0.25) is 0 Å². The number of likely N-dealkylation sites (tertiary alicyclic amines) is 1. The van der Waals surface area contributed by atoms with Crippen LogP contribution >= 0.6 is 0 Å². The minimum absolute atomic E-state index is 0.0860. The van der Waals surface area contributed by atoms with Crippen molar-refractivity contribution in [2.45, 2.75) is 32.6 Å². The van der Waals surface area contributed by atoms with Crippen LogP contribution in [0.25, 0.3) is 0 Å². The molecule has 0 saturated carbocycles. The quantitative estimate of drug-likeness (QED) is 0.366. The van der Waals surface area contributed by atoms with Crippen molar-refractivity contribution in [3.05, 3.63) is 0 Å². The molecule has 15 heavy (non-hydrogen) atoms. The van der Waals surface area contributed by atoms with Crippen molar-refractivity contribution in [1.29, 1.82) is 5.41 Å². The van der Waals surface area contributed by atoms with Crippen LogP contribution in [0.5, 0.6) is 0 Å². The second-order valence-electron chi connectivity index (χ2n) is 3.90. The molecule has 0 aromatic carbocycles.